The number of aromatic nitrogens is 2. The Balaban J connectivity index is 2.04. The monoisotopic (exact) mass is 269 g/mol. The van der Waals surface area contributed by atoms with Gasteiger partial charge in [0.1, 0.15) is 12.1 Å². The molecule has 0 N–H and O–H groups in total. The fourth-order valence-corrected chi connectivity index (χ4v) is 2.31. The number of alkyl halides is 1. The molecule has 1 aromatic rings. The Kier molecular flexibility index (Phi) is 4.64. The Morgan fingerprint density at radius 1 is 1.50 bits per heavy atom. The molecule has 4 nitrogen and oxygen atoms in total. The molecule has 0 radical (unpaired) electrons. The van der Waals surface area contributed by atoms with E-state index < -0.39 is 0 Å². The van der Waals surface area contributed by atoms with Crippen LogP contribution in [0.15, 0.2) is 12.4 Å². The lowest BCUT2D eigenvalue weighted by Crippen LogP contribution is -2.40. The van der Waals surface area contributed by atoms with Gasteiger partial charge in [-0.1, -0.05) is 13.8 Å². The molecule has 1 saturated heterocycles. The summed E-state index contributed by atoms with van der Waals surface area (Å²) in [6.45, 7) is 6.80. The van der Waals surface area contributed by atoms with Crippen LogP contribution in [0.3, 0.4) is 0 Å². The molecular weight excluding hydrogens is 250 g/mol. The molecule has 1 aliphatic rings. The number of ether oxygens (including phenoxy) is 1. The molecule has 0 spiro atoms. The Morgan fingerprint density at radius 2 is 2.33 bits per heavy atom. The van der Waals surface area contributed by atoms with Crippen LogP contribution in [0.4, 0.5) is 5.82 Å². The van der Waals surface area contributed by atoms with Gasteiger partial charge in [0.25, 0.3) is 0 Å². The predicted octanol–water partition coefficient (Wildman–Crippen LogP) is 2.72. The normalized spacial score (nSPS) is 24.1. The number of nitrogens with zero attached hydrogens (tertiary/aromatic N) is 3. The van der Waals surface area contributed by atoms with Gasteiger partial charge < -0.3 is 9.64 Å². The average Bonchev–Trinajstić information content (AvgIpc) is 2.40. The fraction of sp³-hybridized carbons (Fsp3) is 0.692. The molecule has 2 unspecified atom stereocenters. The summed E-state index contributed by atoms with van der Waals surface area (Å²) in [7, 11) is 0. The maximum absolute atomic E-state index is 6.32. The third-order valence-corrected chi connectivity index (χ3v) is 3.84. The number of piperidine rings is 1. The van der Waals surface area contributed by atoms with Crippen molar-refractivity contribution in [3.8, 4) is 5.88 Å². The lowest BCUT2D eigenvalue weighted by molar-refractivity contribution is 0.304. The smallest absolute Gasteiger partial charge is 0.218 e. The summed E-state index contributed by atoms with van der Waals surface area (Å²) in [4.78, 5) is 10.6. The molecule has 0 saturated carbocycles. The number of halogens is 1. The van der Waals surface area contributed by atoms with E-state index in [4.69, 9.17) is 16.3 Å². The second-order valence-corrected chi connectivity index (χ2v) is 5.35. The predicted molar refractivity (Wildman–Crippen MR) is 73.5 cm³/mol. The van der Waals surface area contributed by atoms with Gasteiger partial charge in [-0.25, -0.2) is 9.97 Å². The highest BCUT2D eigenvalue weighted by atomic mass is 35.5. The van der Waals surface area contributed by atoms with Crippen molar-refractivity contribution >= 4 is 17.4 Å². The molecule has 0 amide bonds. The summed E-state index contributed by atoms with van der Waals surface area (Å²) in [5.74, 6) is 2.13. The average molecular weight is 270 g/mol. The molecule has 1 aromatic heterocycles. The number of anilines is 1. The summed E-state index contributed by atoms with van der Waals surface area (Å²) in [6, 6.07) is 1.90. The summed E-state index contributed by atoms with van der Waals surface area (Å²) in [5.41, 5.74) is 0. The molecule has 0 aliphatic carbocycles. The van der Waals surface area contributed by atoms with E-state index in [1.165, 1.54) is 0 Å². The lowest BCUT2D eigenvalue weighted by atomic mass is 9.99. The van der Waals surface area contributed by atoms with Crippen molar-refractivity contribution < 1.29 is 4.74 Å². The van der Waals surface area contributed by atoms with Gasteiger partial charge >= 0.3 is 0 Å². The van der Waals surface area contributed by atoms with E-state index in [0.717, 1.165) is 31.7 Å². The largest absolute Gasteiger partial charge is 0.478 e. The van der Waals surface area contributed by atoms with Gasteiger partial charge in [0.2, 0.25) is 5.88 Å². The van der Waals surface area contributed by atoms with Gasteiger partial charge in [-0.15, -0.1) is 11.6 Å². The fourth-order valence-electron chi connectivity index (χ4n) is 2.02. The molecule has 5 heteroatoms. The molecule has 18 heavy (non-hydrogen) atoms. The molecule has 100 valence electrons. The summed E-state index contributed by atoms with van der Waals surface area (Å²) in [6.07, 6.45) is 3.63. The first-order chi connectivity index (χ1) is 8.70. The van der Waals surface area contributed by atoms with Crippen LogP contribution in [-0.2, 0) is 0 Å². The van der Waals surface area contributed by atoms with Crippen LogP contribution in [0, 0.1) is 5.92 Å². The zero-order chi connectivity index (χ0) is 13.0. The minimum Gasteiger partial charge on any atom is -0.478 e. The summed E-state index contributed by atoms with van der Waals surface area (Å²) < 4.78 is 5.52. The zero-order valence-electron chi connectivity index (χ0n) is 11.0. The van der Waals surface area contributed by atoms with Gasteiger partial charge in [0.15, 0.2) is 0 Å². The van der Waals surface area contributed by atoms with Crippen molar-refractivity contribution in [3.63, 3.8) is 0 Å². The standard InChI is InChI=1S/C13H20ClN3O/c1-3-6-18-13-7-12(15-9-16-13)17-5-4-10(2)11(14)8-17/h7,9-11H,3-6,8H2,1-2H3. The maximum Gasteiger partial charge on any atom is 0.218 e. The Hall–Kier alpha value is -1.03. The quantitative estimate of drug-likeness (QED) is 0.788. The minimum absolute atomic E-state index is 0.189. The Morgan fingerprint density at radius 3 is 3.06 bits per heavy atom. The third kappa shape index (κ3) is 3.25. The van der Waals surface area contributed by atoms with Crippen LogP contribution >= 0.6 is 11.6 Å². The molecule has 1 aliphatic heterocycles. The third-order valence-electron chi connectivity index (χ3n) is 3.27. The SMILES string of the molecule is CCCOc1cc(N2CCC(C)C(Cl)C2)ncn1. The van der Waals surface area contributed by atoms with Crippen molar-refractivity contribution in [1.82, 2.24) is 9.97 Å². The van der Waals surface area contributed by atoms with Crippen LogP contribution in [0.2, 0.25) is 0 Å². The number of rotatable bonds is 4. The van der Waals surface area contributed by atoms with Gasteiger partial charge in [-0.2, -0.15) is 0 Å². The molecular formula is C13H20ClN3O. The van der Waals surface area contributed by atoms with Crippen LogP contribution in [-0.4, -0.2) is 35.0 Å². The van der Waals surface area contributed by atoms with Crippen molar-refractivity contribution in [2.45, 2.75) is 32.1 Å². The Bertz CT molecular complexity index is 388. The van der Waals surface area contributed by atoms with Crippen molar-refractivity contribution in [1.29, 1.82) is 0 Å². The van der Waals surface area contributed by atoms with Gasteiger partial charge in [0.05, 0.1) is 12.0 Å². The molecule has 2 heterocycles. The summed E-state index contributed by atoms with van der Waals surface area (Å²) >= 11 is 6.32. The van der Waals surface area contributed by atoms with Crippen LogP contribution < -0.4 is 9.64 Å². The molecule has 0 bridgehead atoms. The van der Waals surface area contributed by atoms with Gasteiger partial charge in [0, 0.05) is 19.2 Å². The van der Waals surface area contributed by atoms with E-state index in [1.54, 1.807) is 6.33 Å². The lowest BCUT2D eigenvalue weighted by Gasteiger charge is -2.34. The second-order valence-electron chi connectivity index (χ2n) is 4.79. The summed E-state index contributed by atoms with van der Waals surface area (Å²) in [5, 5.41) is 0.189. The Labute approximate surface area is 113 Å². The molecule has 1 fully saturated rings. The van der Waals surface area contributed by atoms with Crippen molar-refractivity contribution in [3.05, 3.63) is 12.4 Å². The van der Waals surface area contributed by atoms with Crippen molar-refractivity contribution in [2.75, 3.05) is 24.6 Å². The van der Waals surface area contributed by atoms with E-state index in [2.05, 4.69) is 28.7 Å². The highest BCUT2D eigenvalue weighted by Gasteiger charge is 2.25. The van der Waals surface area contributed by atoms with Gasteiger partial charge in [-0.05, 0) is 18.8 Å². The highest BCUT2D eigenvalue weighted by molar-refractivity contribution is 6.21. The number of hydrogen-bond donors (Lipinski definition) is 0. The van der Waals surface area contributed by atoms with E-state index in [0.29, 0.717) is 18.4 Å². The first-order valence-corrected chi connectivity index (χ1v) is 6.98. The van der Waals surface area contributed by atoms with E-state index in [-0.39, 0.29) is 5.38 Å². The first kappa shape index (κ1) is 13.4. The second kappa shape index (κ2) is 6.23. The molecule has 2 rings (SSSR count). The van der Waals surface area contributed by atoms with E-state index in [9.17, 15) is 0 Å². The minimum atomic E-state index is 0.189. The van der Waals surface area contributed by atoms with Gasteiger partial charge in [-0.3, -0.25) is 0 Å². The first-order valence-electron chi connectivity index (χ1n) is 6.54. The molecule has 0 aromatic carbocycles. The zero-order valence-corrected chi connectivity index (χ0v) is 11.7. The van der Waals surface area contributed by atoms with Crippen molar-refractivity contribution in [2.24, 2.45) is 5.92 Å². The van der Waals surface area contributed by atoms with Crippen LogP contribution in [0.25, 0.3) is 0 Å². The van der Waals surface area contributed by atoms with Crippen LogP contribution in [0.1, 0.15) is 26.7 Å². The maximum atomic E-state index is 6.32. The molecule has 2 atom stereocenters. The topological polar surface area (TPSA) is 38.2 Å². The van der Waals surface area contributed by atoms with Crippen LogP contribution in [0.5, 0.6) is 5.88 Å². The van der Waals surface area contributed by atoms with E-state index in [1.807, 2.05) is 6.07 Å². The number of hydrogen-bond acceptors (Lipinski definition) is 4. The van der Waals surface area contributed by atoms with E-state index >= 15 is 0 Å². The highest BCUT2D eigenvalue weighted by Crippen LogP contribution is 2.26.